The van der Waals surface area contributed by atoms with Crippen LogP contribution in [0.4, 0.5) is 0 Å². The zero-order chi connectivity index (χ0) is 25.1. The van der Waals surface area contributed by atoms with Gasteiger partial charge in [0.1, 0.15) is 11.6 Å². The Labute approximate surface area is 213 Å². The van der Waals surface area contributed by atoms with Crippen molar-refractivity contribution >= 4 is 5.52 Å². The molecule has 3 aromatic rings. The highest BCUT2D eigenvalue weighted by atomic mass is 16.5. The maximum Gasteiger partial charge on any atom is 0.277 e. The van der Waals surface area contributed by atoms with E-state index < -0.39 is 0 Å². The van der Waals surface area contributed by atoms with E-state index in [-0.39, 0.29) is 5.56 Å². The minimum Gasteiger partial charge on any atom is -0.493 e. The number of ether oxygens (including phenoxy) is 1. The summed E-state index contributed by atoms with van der Waals surface area (Å²) >= 11 is 0. The lowest BCUT2D eigenvalue weighted by Gasteiger charge is -2.34. The Kier molecular flexibility index (Phi) is 7.72. The number of imidazole rings is 1. The highest BCUT2D eigenvalue weighted by Crippen LogP contribution is 2.33. The second kappa shape index (κ2) is 11.1. The topological polar surface area (TPSA) is 78.8 Å². The van der Waals surface area contributed by atoms with Gasteiger partial charge in [0.25, 0.3) is 5.56 Å². The van der Waals surface area contributed by atoms with Crippen LogP contribution in [0.5, 0.6) is 5.75 Å². The molecule has 1 aliphatic heterocycles. The quantitative estimate of drug-likeness (QED) is 0.494. The smallest absolute Gasteiger partial charge is 0.277 e. The van der Waals surface area contributed by atoms with Crippen LogP contribution in [0.1, 0.15) is 75.4 Å². The number of benzene rings is 1. The van der Waals surface area contributed by atoms with Gasteiger partial charge < -0.3 is 14.6 Å². The van der Waals surface area contributed by atoms with Crippen molar-refractivity contribution in [1.82, 2.24) is 29.4 Å². The molecular weight excluding hydrogens is 452 g/mol. The Morgan fingerprint density at radius 2 is 1.75 bits per heavy atom. The number of fused-ring (bicyclic) bond motifs is 1. The summed E-state index contributed by atoms with van der Waals surface area (Å²) < 4.78 is 7.80. The number of nitrogens with zero attached hydrogens (tertiary/aromatic N) is 5. The molecule has 1 aliphatic carbocycles. The summed E-state index contributed by atoms with van der Waals surface area (Å²) in [4.78, 5) is 26.2. The Morgan fingerprint density at radius 1 is 1.03 bits per heavy atom. The highest BCUT2D eigenvalue weighted by Gasteiger charge is 2.24. The van der Waals surface area contributed by atoms with Crippen molar-refractivity contribution < 1.29 is 4.74 Å². The molecule has 1 saturated heterocycles. The first-order valence-electron chi connectivity index (χ1n) is 13.8. The van der Waals surface area contributed by atoms with Gasteiger partial charge in [-0.3, -0.25) is 9.69 Å². The van der Waals surface area contributed by atoms with Crippen molar-refractivity contribution in [1.29, 1.82) is 0 Å². The van der Waals surface area contributed by atoms with E-state index in [1.165, 1.54) is 31.2 Å². The standard InChI is InChI=1S/C28H40N6O2/c1-4-32-14-16-33(17-15-32)19-21-12-13-24(36-5-2)23(18-21)26-30-28(35)25-20(3)29-27(34(25)31-26)22-10-8-6-7-9-11-22/h12-13,18,22H,4-11,14-17,19H2,1-3H3,(H,30,31,35). The molecule has 36 heavy (non-hydrogen) atoms. The third-order valence-corrected chi connectivity index (χ3v) is 7.84. The molecule has 2 aromatic heterocycles. The lowest BCUT2D eigenvalue weighted by Crippen LogP contribution is -2.45. The number of aryl methyl sites for hydroxylation is 1. The number of aromatic nitrogens is 4. The minimum absolute atomic E-state index is 0.145. The van der Waals surface area contributed by atoms with Gasteiger partial charge in [0, 0.05) is 38.6 Å². The van der Waals surface area contributed by atoms with Crippen molar-refractivity contribution in [3.63, 3.8) is 0 Å². The van der Waals surface area contributed by atoms with Gasteiger partial charge in [-0.25, -0.2) is 9.50 Å². The summed E-state index contributed by atoms with van der Waals surface area (Å²) in [5, 5.41) is 4.98. The molecule has 1 aromatic carbocycles. The minimum atomic E-state index is -0.145. The molecule has 2 fully saturated rings. The van der Waals surface area contributed by atoms with E-state index in [0.29, 0.717) is 23.9 Å². The summed E-state index contributed by atoms with van der Waals surface area (Å²) in [6.07, 6.45) is 7.17. The highest BCUT2D eigenvalue weighted by molar-refractivity contribution is 5.66. The largest absolute Gasteiger partial charge is 0.493 e. The van der Waals surface area contributed by atoms with Gasteiger partial charge in [-0.2, -0.15) is 0 Å². The van der Waals surface area contributed by atoms with Gasteiger partial charge in [-0.05, 0) is 50.9 Å². The van der Waals surface area contributed by atoms with E-state index in [9.17, 15) is 4.79 Å². The Balaban J connectivity index is 1.52. The maximum atomic E-state index is 13.3. The Morgan fingerprint density at radius 3 is 2.44 bits per heavy atom. The number of rotatable bonds is 7. The number of piperazine rings is 1. The molecule has 0 radical (unpaired) electrons. The molecule has 1 saturated carbocycles. The second-order valence-corrected chi connectivity index (χ2v) is 10.3. The molecule has 8 heteroatoms. The average Bonchev–Trinajstić information content (AvgIpc) is 3.05. The number of H-pyrrole nitrogens is 1. The zero-order valence-electron chi connectivity index (χ0n) is 22.1. The van der Waals surface area contributed by atoms with Gasteiger partial charge in [-0.15, -0.1) is 5.10 Å². The molecule has 0 atom stereocenters. The molecule has 0 bridgehead atoms. The van der Waals surface area contributed by atoms with Crippen molar-refractivity contribution in [3.8, 4) is 17.1 Å². The van der Waals surface area contributed by atoms with E-state index in [4.69, 9.17) is 14.8 Å². The third kappa shape index (κ3) is 5.20. The predicted octanol–water partition coefficient (Wildman–Crippen LogP) is 4.37. The number of likely N-dealkylation sites (N-methyl/N-ethyl adjacent to an activating group) is 1. The number of nitrogens with one attached hydrogen (secondary N) is 1. The fraction of sp³-hybridized carbons (Fsp3) is 0.607. The van der Waals surface area contributed by atoms with Crippen LogP contribution >= 0.6 is 0 Å². The molecule has 0 unspecified atom stereocenters. The normalized spacial score (nSPS) is 18.5. The molecule has 194 valence electrons. The monoisotopic (exact) mass is 492 g/mol. The lowest BCUT2D eigenvalue weighted by molar-refractivity contribution is 0.132. The predicted molar refractivity (Wildman–Crippen MR) is 143 cm³/mol. The average molecular weight is 493 g/mol. The van der Waals surface area contributed by atoms with Gasteiger partial charge in [0.05, 0.1) is 17.9 Å². The summed E-state index contributed by atoms with van der Waals surface area (Å²) in [7, 11) is 0. The third-order valence-electron chi connectivity index (χ3n) is 7.84. The molecule has 5 rings (SSSR count). The van der Waals surface area contributed by atoms with Crippen molar-refractivity contribution in [2.24, 2.45) is 0 Å². The van der Waals surface area contributed by atoms with Gasteiger partial charge in [-0.1, -0.05) is 38.7 Å². The fourth-order valence-electron chi connectivity index (χ4n) is 5.78. The molecule has 2 aliphatic rings. The van der Waals surface area contributed by atoms with E-state index in [1.807, 2.05) is 24.4 Å². The zero-order valence-corrected chi connectivity index (χ0v) is 22.1. The second-order valence-electron chi connectivity index (χ2n) is 10.3. The SMILES string of the molecule is CCOc1ccc(CN2CCN(CC)CC2)cc1-c1nn2c(C3CCCCCC3)nc(C)c2c(=O)[nH]1. The van der Waals surface area contributed by atoms with E-state index in [0.717, 1.165) is 74.9 Å². The number of hydrogen-bond donors (Lipinski definition) is 1. The van der Waals surface area contributed by atoms with Gasteiger partial charge >= 0.3 is 0 Å². The van der Waals surface area contributed by atoms with Crippen LogP contribution in [0, 0.1) is 6.92 Å². The van der Waals surface area contributed by atoms with Crippen LogP contribution in [-0.2, 0) is 6.54 Å². The first-order valence-corrected chi connectivity index (χ1v) is 13.8. The molecule has 8 nitrogen and oxygen atoms in total. The first-order chi connectivity index (χ1) is 17.6. The van der Waals surface area contributed by atoms with Crippen LogP contribution in [0.2, 0.25) is 0 Å². The van der Waals surface area contributed by atoms with Crippen molar-refractivity contribution in [2.75, 3.05) is 39.3 Å². The number of aromatic amines is 1. The molecule has 0 amide bonds. The number of hydrogen-bond acceptors (Lipinski definition) is 6. The molecule has 0 spiro atoms. The molecular formula is C28H40N6O2. The van der Waals surface area contributed by atoms with E-state index >= 15 is 0 Å². The van der Waals surface area contributed by atoms with Gasteiger partial charge in [0.15, 0.2) is 11.3 Å². The van der Waals surface area contributed by atoms with E-state index in [2.05, 4.69) is 33.8 Å². The lowest BCUT2D eigenvalue weighted by atomic mass is 10.00. The fourth-order valence-corrected chi connectivity index (χ4v) is 5.78. The Hall–Kier alpha value is -2.71. The summed E-state index contributed by atoms with van der Waals surface area (Å²) in [5.41, 5.74) is 3.19. The Bertz CT molecular complexity index is 1230. The van der Waals surface area contributed by atoms with Crippen LogP contribution in [0.3, 0.4) is 0 Å². The summed E-state index contributed by atoms with van der Waals surface area (Å²) in [6, 6.07) is 6.29. The van der Waals surface area contributed by atoms with Crippen LogP contribution in [-0.4, -0.2) is 68.7 Å². The molecule has 1 N–H and O–H groups in total. The van der Waals surface area contributed by atoms with Gasteiger partial charge in [0.2, 0.25) is 0 Å². The van der Waals surface area contributed by atoms with Crippen LogP contribution in [0.25, 0.3) is 16.9 Å². The first kappa shape index (κ1) is 25.0. The molecule has 3 heterocycles. The van der Waals surface area contributed by atoms with E-state index in [1.54, 1.807) is 0 Å². The van der Waals surface area contributed by atoms with Crippen molar-refractivity contribution in [2.45, 2.75) is 71.8 Å². The van der Waals surface area contributed by atoms with Crippen LogP contribution < -0.4 is 10.3 Å². The summed E-state index contributed by atoms with van der Waals surface area (Å²) in [5.74, 6) is 2.56. The van der Waals surface area contributed by atoms with Crippen molar-refractivity contribution in [3.05, 3.63) is 45.6 Å². The maximum absolute atomic E-state index is 13.3. The summed E-state index contributed by atoms with van der Waals surface area (Å²) in [6.45, 7) is 13.0. The van der Waals surface area contributed by atoms with Crippen LogP contribution in [0.15, 0.2) is 23.0 Å².